The Morgan fingerprint density at radius 1 is 0.939 bits per heavy atom. The maximum atomic E-state index is 13.1. The summed E-state index contributed by atoms with van der Waals surface area (Å²) in [6.45, 7) is 0.444. The Hall–Kier alpha value is -2.60. The number of nitrogens with zero attached hydrogens (tertiary/aromatic N) is 2. The molecule has 1 fully saturated rings. The fraction of sp³-hybridized carbons (Fsp3) is 0.381. The average Bonchev–Trinajstić information content (AvgIpc) is 2.76. The zero-order valence-corrected chi connectivity index (χ0v) is 17.8. The SMILES string of the molecule is O=C(O)N1CCN(c2ccc(C(O)(C(F)(F)F)C(F)(F)F)cc2)[C@@H](CSc2ccccc2)C1. The molecule has 0 unspecified atom stereocenters. The van der Waals surface area contributed by atoms with E-state index in [9.17, 15) is 41.4 Å². The summed E-state index contributed by atoms with van der Waals surface area (Å²) in [7, 11) is 0. The third-order valence-corrected chi connectivity index (χ3v) is 6.53. The Balaban J connectivity index is 1.86. The lowest BCUT2D eigenvalue weighted by atomic mass is 9.92. The van der Waals surface area contributed by atoms with Crippen molar-refractivity contribution in [1.29, 1.82) is 0 Å². The van der Waals surface area contributed by atoms with Gasteiger partial charge in [-0.15, -0.1) is 11.8 Å². The molecule has 1 heterocycles. The number of thioether (sulfide) groups is 1. The first kappa shape index (κ1) is 25.0. The Morgan fingerprint density at radius 2 is 1.52 bits per heavy atom. The molecule has 1 amide bonds. The molecule has 0 aromatic heterocycles. The Kier molecular flexibility index (Phi) is 7.08. The highest BCUT2D eigenvalue weighted by Gasteiger charge is 2.71. The quantitative estimate of drug-likeness (QED) is 0.455. The van der Waals surface area contributed by atoms with Crippen molar-refractivity contribution in [2.24, 2.45) is 0 Å². The van der Waals surface area contributed by atoms with Gasteiger partial charge in [-0.3, -0.25) is 0 Å². The van der Waals surface area contributed by atoms with E-state index in [4.69, 9.17) is 0 Å². The third kappa shape index (κ3) is 5.16. The van der Waals surface area contributed by atoms with Crippen molar-refractivity contribution in [3.63, 3.8) is 0 Å². The van der Waals surface area contributed by atoms with E-state index in [2.05, 4.69) is 0 Å². The van der Waals surface area contributed by atoms with Gasteiger partial charge in [0.25, 0.3) is 5.60 Å². The number of piperazine rings is 1. The number of rotatable bonds is 5. The van der Waals surface area contributed by atoms with Gasteiger partial charge in [0.1, 0.15) is 0 Å². The summed E-state index contributed by atoms with van der Waals surface area (Å²) in [6, 6.07) is 12.2. The molecule has 5 nitrogen and oxygen atoms in total. The van der Waals surface area contributed by atoms with Crippen LogP contribution in [0.1, 0.15) is 5.56 Å². The average molecular weight is 494 g/mol. The lowest BCUT2D eigenvalue weighted by Crippen LogP contribution is -2.56. The summed E-state index contributed by atoms with van der Waals surface area (Å²) in [5.41, 5.74) is -6.01. The summed E-state index contributed by atoms with van der Waals surface area (Å²) in [5.74, 6) is 0.435. The van der Waals surface area contributed by atoms with E-state index in [1.165, 1.54) is 16.7 Å². The zero-order valence-electron chi connectivity index (χ0n) is 17.0. The molecular weight excluding hydrogens is 474 g/mol. The van der Waals surface area contributed by atoms with E-state index < -0.39 is 29.6 Å². The Bertz CT molecular complexity index is 939. The molecule has 2 N–H and O–H groups in total. The minimum atomic E-state index is -5.96. The number of carbonyl (C=O) groups is 1. The molecule has 0 aliphatic carbocycles. The van der Waals surface area contributed by atoms with E-state index in [-0.39, 0.29) is 25.7 Å². The highest BCUT2D eigenvalue weighted by Crippen LogP contribution is 2.50. The van der Waals surface area contributed by atoms with E-state index in [0.29, 0.717) is 23.6 Å². The predicted octanol–water partition coefficient (Wildman–Crippen LogP) is 4.96. The highest BCUT2D eigenvalue weighted by molar-refractivity contribution is 7.99. The van der Waals surface area contributed by atoms with Crippen molar-refractivity contribution in [2.75, 3.05) is 30.3 Å². The largest absolute Gasteiger partial charge is 0.465 e. The fourth-order valence-electron chi connectivity index (χ4n) is 3.60. The molecule has 180 valence electrons. The van der Waals surface area contributed by atoms with Crippen molar-refractivity contribution in [3.05, 3.63) is 60.2 Å². The van der Waals surface area contributed by atoms with Crippen LogP contribution in [0.2, 0.25) is 0 Å². The molecule has 2 aromatic carbocycles. The van der Waals surface area contributed by atoms with Crippen molar-refractivity contribution in [1.82, 2.24) is 4.90 Å². The first-order valence-electron chi connectivity index (χ1n) is 9.73. The maximum absolute atomic E-state index is 13.1. The van der Waals surface area contributed by atoms with Gasteiger partial charge in [-0.05, 0) is 24.3 Å². The molecule has 3 rings (SSSR count). The van der Waals surface area contributed by atoms with Gasteiger partial charge in [0.2, 0.25) is 0 Å². The van der Waals surface area contributed by atoms with Gasteiger partial charge in [-0.1, -0.05) is 30.3 Å². The monoisotopic (exact) mass is 494 g/mol. The van der Waals surface area contributed by atoms with E-state index in [0.717, 1.165) is 17.0 Å². The van der Waals surface area contributed by atoms with E-state index in [1.54, 1.807) is 4.90 Å². The van der Waals surface area contributed by atoms with Crippen LogP contribution in [0.5, 0.6) is 0 Å². The molecule has 33 heavy (non-hydrogen) atoms. The smallest absolute Gasteiger partial charge is 0.430 e. The van der Waals surface area contributed by atoms with Gasteiger partial charge in [0.15, 0.2) is 0 Å². The molecule has 0 spiro atoms. The number of aliphatic hydroxyl groups is 1. The van der Waals surface area contributed by atoms with Crippen molar-refractivity contribution >= 4 is 23.5 Å². The van der Waals surface area contributed by atoms with Crippen LogP contribution in [0.4, 0.5) is 36.8 Å². The van der Waals surface area contributed by atoms with Crippen LogP contribution < -0.4 is 4.90 Å². The Labute approximate surface area is 189 Å². The van der Waals surface area contributed by atoms with Gasteiger partial charge in [0, 0.05) is 41.5 Å². The molecule has 12 heteroatoms. The standard InChI is InChI=1S/C21H20F6N2O3S/c22-20(23,24)19(32,21(25,26)27)14-6-8-15(9-7-14)29-11-10-28(18(30)31)12-16(29)13-33-17-4-2-1-3-5-17/h1-9,16,32H,10-13H2,(H,30,31)/t16-/m1/s1. The van der Waals surface area contributed by atoms with E-state index in [1.807, 2.05) is 30.3 Å². The molecule has 1 aliphatic heterocycles. The van der Waals surface area contributed by atoms with Gasteiger partial charge in [-0.2, -0.15) is 26.3 Å². The van der Waals surface area contributed by atoms with Crippen LogP contribution in [-0.2, 0) is 5.60 Å². The second-order valence-electron chi connectivity index (χ2n) is 7.45. The summed E-state index contributed by atoms with van der Waals surface area (Å²) in [6.07, 6.45) is -13.0. The maximum Gasteiger partial charge on any atom is 0.430 e. The summed E-state index contributed by atoms with van der Waals surface area (Å²) in [4.78, 5) is 15.3. The minimum Gasteiger partial charge on any atom is -0.465 e. The van der Waals surface area contributed by atoms with E-state index >= 15 is 0 Å². The predicted molar refractivity (Wildman–Crippen MR) is 110 cm³/mol. The van der Waals surface area contributed by atoms with Gasteiger partial charge < -0.3 is 20.0 Å². The second kappa shape index (κ2) is 9.34. The lowest BCUT2D eigenvalue weighted by molar-refractivity contribution is -0.376. The van der Waals surface area contributed by atoms with Crippen molar-refractivity contribution < 1.29 is 41.4 Å². The van der Waals surface area contributed by atoms with Gasteiger partial charge in [-0.25, -0.2) is 4.79 Å². The number of amides is 1. The summed E-state index contributed by atoms with van der Waals surface area (Å²) >= 11 is 1.45. The highest BCUT2D eigenvalue weighted by atomic mass is 32.2. The number of halogens is 6. The normalized spacial score (nSPS) is 17.8. The minimum absolute atomic E-state index is 0.117. The number of benzene rings is 2. The molecule has 0 radical (unpaired) electrons. The second-order valence-corrected chi connectivity index (χ2v) is 8.55. The third-order valence-electron chi connectivity index (χ3n) is 5.38. The first-order chi connectivity index (χ1) is 15.3. The number of hydrogen-bond acceptors (Lipinski definition) is 4. The van der Waals surface area contributed by atoms with Crippen LogP contribution in [-0.4, -0.2) is 65.0 Å². The van der Waals surface area contributed by atoms with Crippen LogP contribution in [0.3, 0.4) is 0 Å². The molecule has 2 aromatic rings. The molecule has 1 saturated heterocycles. The van der Waals surface area contributed by atoms with Crippen LogP contribution in [0.25, 0.3) is 0 Å². The van der Waals surface area contributed by atoms with Crippen LogP contribution in [0, 0.1) is 0 Å². The van der Waals surface area contributed by atoms with Crippen LogP contribution in [0.15, 0.2) is 59.5 Å². The zero-order chi connectivity index (χ0) is 24.4. The topological polar surface area (TPSA) is 64.0 Å². The number of carboxylic acid groups (broad SMARTS) is 1. The number of alkyl halides is 6. The molecule has 1 atom stereocenters. The summed E-state index contributed by atoms with van der Waals surface area (Å²) in [5, 5.41) is 18.9. The van der Waals surface area contributed by atoms with Gasteiger partial charge in [0.05, 0.1) is 6.04 Å². The first-order valence-corrected chi connectivity index (χ1v) is 10.7. The van der Waals surface area contributed by atoms with Crippen LogP contribution >= 0.6 is 11.8 Å². The molecular formula is C21H20F6N2O3S. The lowest BCUT2D eigenvalue weighted by Gasteiger charge is -2.42. The molecule has 0 saturated carbocycles. The molecule has 0 bridgehead atoms. The Morgan fingerprint density at radius 3 is 2.03 bits per heavy atom. The summed E-state index contributed by atoms with van der Waals surface area (Å²) < 4.78 is 78.8. The van der Waals surface area contributed by atoms with Crippen molar-refractivity contribution in [2.45, 2.75) is 28.9 Å². The number of anilines is 1. The fourth-order valence-corrected chi connectivity index (χ4v) is 4.62. The van der Waals surface area contributed by atoms with Gasteiger partial charge >= 0.3 is 18.4 Å². The molecule has 1 aliphatic rings. The van der Waals surface area contributed by atoms with Crippen molar-refractivity contribution in [3.8, 4) is 0 Å². The number of hydrogen-bond donors (Lipinski definition) is 2.